The quantitative estimate of drug-likeness (QED) is 0.850. The molecule has 2 aromatic rings. The van der Waals surface area contributed by atoms with E-state index in [1.54, 1.807) is 0 Å². The molecular formula is C17H25N3O. The first-order valence-corrected chi connectivity index (χ1v) is 7.91. The first-order chi connectivity index (χ1) is 10.2. The zero-order chi connectivity index (χ0) is 14.8. The van der Waals surface area contributed by atoms with Crippen molar-refractivity contribution >= 4 is 11.0 Å². The summed E-state index contributed by atoms with van der Waals surface area (Å²) in [5, 5.41) is 3.60. The van der Waals surface area contributed by atoms with Crippen LogP contribution in [0.5, 0.6) is 0 Å². The molecule has 1 fully saturated rings. The predicted molar refractivity (Wildman–Crippen MR) is 85.4 cm³/mol. The first kappa shape index (κ1) is 14.5. The van der Waals surface area contributed by atoms with Gasteiger partial charge in [0.05, 0.1) is 17.1 Å². The van der Waals surface area contributed by atoms with E-state index in [-0.39, 0.29) is 0 Å². The normalized spacial score (nSPS) is 18.0. The minimum atomic E-state index is 0.296. The second-order valence-electron chi connectivity index (χ2n) is 5.98. The lowest BCUT2D eigenvalue weighted by molar-refractivity contribution is 0.0508. The third-order valence-electron chi connectivity index (χ3n) is 4.50. The van der Waals surface area contributed by atoms with Gasteiger partial charge in [-0.25, -0.2) is 4.98 Å². The van der Waals surface area contributed by atoms with Gasteiger partial charge >= 0.3 is 0 Å². The fourth-order valence-corrected chi connectivity index (χ4v) is 3.25. The number of ether oxygens (including phenoxy) is 1. The van der Waals surface area contributed by atoms with E-state index in [9.17, 15) is 0 Å². The van der Waals surface area contributed by atoms with Gasteiger partial charge in [-0.05, 0) is 37.4 Å². The molecule has 0 saturated heterocycles. The number of aromatic nitrogens is 2. The number of aryl methyl sites for hydroxylation is 1. The minimum absolute atomic E-state index is 0.296. The molecule has 0 spiro atoms. The molecular weight excluding hydrogens is 262 g/mol. The van der Waals surface area contributed by atoms with E-state index in [2.05, 4.69) is 42.1 Å². The summed E-state index contributed by atoms with van der Waals surface area (Å²) in [5.41, 5.74) is 2.27. The van der Waals surface area contributed by atoms with Crippen molar-refractivity contribution in [3.05, 3.63) is 30.1 Å². The van der Waals surface area contributed by atoms with E-state index in [1.807, 2.05) is 13.2 Å². The number of fused-ring (bicyclic) bond motifs is 1. The number of rotatable bonds is 7. The molecule has 21 heavy (non-hydrogen) atoms. The Bertz CT molecular complexity index is 603. The second kappa shape index (κ2) is 6.16. The molecule has 114 valence electrons. The van der Waals surface area contributed by atoms with E-state index in [4.69, 9.17) is 9.72 Å². The smallest absolute Gasteiger partial charge is 0.111 e. The van der Waals surface area contributed by atoms with Crippen molar-refractivity contribution in [1.29, 1.82) is 0 Å². The lowest BCUT2D eigenvalue weighted by Gasteiger charge is -2.26. The zero-order valence-corrected chi connectivity index (χ0v) is 13.2. The van der Waals surface area contributed by atoms with Crippen LogP contribution in [-0.4, -0.2) is 35.4 Å². The standard InChI is InChI=1S/C17H25N3O/c1-4-18-14(17(21-3)12-9-10-12)11-16-19-13-7-5-6-8-15(13)20(16)2/h5-8,12,14,17-18H,4,9-11H2,1-3H3. The fraction of sp³-hybridized carbons (Fsp3) is 0.588. The Balaban J connectivity index is 1.84. The molecule has 4 nitrogen and oxygen atoms in total. The summed E-state index contributed by atoms with van der Waals surface area (Å²) >= 11 is 0. The highest BCUT2D eigenvalue weighted by Gasteiger charge is 2.37. The van der Waals surface area contributed by atoms with Crippen LogP contribution in [0.1, 0.15) is 25.6 Å². The average Bonchev–Trinajstić information content (AvgIpc) is 3.27. The van der Waals surface area contributed by atoms with Crippen molar-refractivity contribution in [3.8, 4) is 0 Å². The predicted octanol–water partition coefficient (Wildman–Crippen LogP) is 2.52. The van der Waals surface area contributed by atoms with Gasteiger partial charge < -0.3 is 14.6 Å². The molecule has 2 atom stereocenters. The number of imidazole rings is 1. The lowest BCUT2D eigenvalue weighted by atomic mass is 10.0. The molecule has 2 unspecified atom stereocenters. The van der Waals surface area contributed by atoms with Crippen LogP contribution in [0.2, 0.25) is 0 Å². The molecule has 1 aromatic heterocycles. The number of likely N-dealkylation sites (N-methyl/N-ethyl adjacent to an activating group) is 1. The number of nitrogens with one attached hydrogen (secondary N) is 1. The van der Waals surface area contributed by atoms with E-state index in [1.165, 1.54) is 18.4 Å². The molecule has 0 aliphatic heterocycles. The van der Waals surface area contributed by atoms with Gasteiger partial charge in [0.1, 0.15) is 5.82 Å². The van der Waals surface area contributed by atoms with Crippen molar-refractivity contribution in [1.82, 2.24) is 14.9 Å². The van der Waals surface area contributed by atoms with Crippen molar-refractivity contribution in [2.24, 2.45) is 13.0 Å². The van der Waals surface area contributed by atoms with E-state index in [0.29, 0.717) is 18.1 Å². The van der Waals surface area contributed by atoms with Crippen molar-refractivity contribution < 1.29 is 4.74 Å². The molecule has 3 rings (SSSR count). The van der Waals surface area contributed by atoms with Gasteiger partial charge in [-0.15, -0.1) is 0 Å². The van der Waals surface area contributed by atoms with Gasteiger partial charge in [-0.2, -0.15) is 0 Å². The van der Waals surface area contributed by atoms with E-state index in [0.717, 1.165) is 24.3 Å². The highest BCUT2D eigenvalue weighted by atomic mass is 16.5. The van der Waals surface area contributed by atoms with Crippen LogP contribution in [0.4, 0.5) is 0 Å². The Morgan fingerprint density at radius 3 is 2.76 bits per heavy atom. The summed E-state index contributed by atoms with van der Waals surface area (Å²) < 4.78 is 7.98. The molecule has 1 N–H and O–H groups in total. The second-order valence-corrected chi connectivity index (χ2v) is 5.98. The topological polar surface area (TPSA) is 39.1 Å². The molecule has 1 aliphatic rings. The minimum Gasteiger partial charge on any atom is -0.380 e. The summed E-state index contributed by atoms with van der Waals surface area (Å²) in [4.78, 5) is 4.80. The Hall–Kier alpha value is -1.39. The molecule has 1 heterocycles. The maximum absolute atomic E-state index is 5.78. The summed E-state index contributed by atoms with van der Waals surface area (Å²) in [6.45, 7) is 3.11. The molecule has 4 heteroatoms. The van der Waals surface area contributed by atoms with Gasteiger partial charge in [0.15, 0.2) is 0 Å². The number of nitrogens with zero attached hydrogens (tertiary/aromatic N) is 2. The highest BCUT2D eigenvalue weighted by molar-refractivity contribution is 5.75. The Morgan fingerprint density at radius 2 is 2.14 bits per heavy atom. The molecule has 1 saturated carbocycles. The molecule has 0 bridgehead atoms. The van der Waals surface area contributed by atoms with Gasteiger partial charge in [-0.3, -0.25) is 0 Å². The van der Waals surface area contributed by atoms with Gasteiger partial charge in [0, 0.05) is 26.6 Å². The average molecular weight is 287 g/mol. The number of methoxy groups -OCH3 is 1. The largest absolute Gasteiger partial charge is 0.380 e. The van der Waals surface area contributed by atoms with Gasteiger partial charge in [0.25, 0.3) is 0 Å². The number of para-hydroxylation sites is 2. The van der Waals surface area contributed by atoms with Crippen molar-refractivity contribution in [2.45, 2.75) is 38.3 Å². The molecule has 1 aliphatic carbocycles. The maximum atomic E-state index is 5.78. The maximum Gasteiger partial charge on any atom is 0.111 e. The fourth-order valence-electron chi connectivity index (χ4n) is 3.25. The Labute approximate surface area is 126 Å². The van der Waals surface area contributed by atoms with Crippen LogP contribution in [-0.2, 0) is 18.2 Å². The van der Waals surface area contributed by atoms with Crippen LogP contribution in [0.3, 0.4) is 0 Å². The van der Waals surface area contributed by atoms with Crippen molar-refractivity contribution in [2.75, 3.05) is 13.7 Å². The third-order valence-corrected chi connectivity index (χ3v) is 4.50. The monoisotopic (exact) mass is 287 g/mol. The number of benzene rings is 1. The summed E-state index contributed by atoms with van der Waals surface area (Å²) in [6, 6.07) is 8.65. The number of hydrogen-bond donors (Lipinski definition) is 1. The van der Waals surface area contributed by atoms with E-state index < -0.39 is 0 Å². The van der Waals surface area contributed by atoms with Crippen LogP contribution >= 0.6 is 0 Å². The molecule has 1 aromatic carbocycles. The zero-order valence-electron chi connectivity index (χ0n) is 13.2. The van der Waals surface area contributed by atoms with Crippen LogP contribution < -0.4 is 5.32 Å². The van der Waals surface area contributed by atoms with Crippen LogP contribution in [0.25, 0.3) is 11.0 Å². The highest BCUT2D eigenvalue weighted by Crippen LogP contribution is 2.36. The number of hydrogen-bond acceptors (Lipinski definition) is 3. The Morgan fingerprint density at radius 1 is 1.38 bits per heavy atom. The molecule has 0 amide bonds. The van der Waals surface area contributed by atoms with Crippen molar-refractivity contribution in [3.63, 3.8) is 0 Å². The lowest BCUT2D eigenvalue weighted by Crippen LogP contribution is -2.44. The molecule has 0 radical (unpaired) electrons. The third kappa shape index (κ3) is 2.97. The van der Waals surface area contributed by atoms with Gasteiger partial charge in [-0.1, -0.05) is 19.1 Å². The van der Waals surface area contributed by atoms with E-state index >= 15 is 0 Å². The summed E-state index contributed by atoms with van der Waals surface area (Å²) in [5.74, 6) is 1.85. The SMILES string of the molecule is CCNC(Cc1nc2ccccc2n1C)C(OC)C1CC1. The first-order valence-electron chi connectivity index (χ1n) is 7.91. The van der Waals surface area contributed by atoms with Crippen LogP contribution in [0, 0.1) is 5.92 Å². The Kier molecular flexibility index (Phi) is 4.27. The summed E-state index contributed by atoms with van der Waals surface area (Å²) in [6.07, 6.45) is 3.80. The van der Waals surface area contributed by atoms with Crippen LogP contribution in [0.15, 0.2) is 24.3 Å². The van der Waals surface area contributed by atoms with Gasteiger partial charge in [0.2, 0.25) is 0 Å². The summed E-state index contributed by atoms with van der Waals surface area (Å²) in [7, 11) is 3.94.